The van der Waals surface area contributed by atoms with E-state index in [1.807, 2.05) is 60.8 Å². The predicted octanol–water partition coefficient (Wildman–Crippen LogP) is 15.4. The van der Waals surface area contributed by atoms with Crippen LogP contribution in [0.3, 0.4) is 0 Å². The Hall–Kier alpha value is -3.67. The summed E-state index contributed by atoms with van der Waals surface area (Å²) in [7, 11) is 0. The summed E-state index contributed by atoms with van der Waals surface area (Å²) in [5.74, 6) is -1.01. The first-order valence-corrected chi connectivity index (χ1v) is 23.8. The lowest BCUT2D eigenvalue weighted by molar-refractivity contribution is -0.167. The van der Waals surface area contributed by atoms with Crippen molar-refractivity contribution in [3.63, 3.8) is 0 Å². The van der Waals surface area contributed by atoms with E-state index in [0.29, 0.717) is 19.3 Å². The molecular formula is C53H86O6. The summed E-state index contributed by atoms with van der Waals surface area (Å²) >= 11 is 0. The van der Waals surface area contributed by atoms with Gasteiger partial charge in [0, 0.05) is 19.3 Å². The second-order valence-corrected chi connectivity index (χ2v) is 15.4. The van der Waals surface area contributed by atoms with Crippen molar-refractivity contribution in [2.75, 3.05) is 13.2 Å². The number of esters is 3. The average Bonchev–Trinajstić information content (AvgIpc) is 3.23. The third-order valence-corrected chi connectivity index (χ3v) is 9.77. The monoisotopic (exact) mass is 819 g/mol. The molecule has 334 valence electrons. The maximum Gasteiger partial charge on any atom is 0.306 e. The molecule has 0 heterocycles. The first-order valence-electron chi connectivity index (χ1n) is 23.8. The number of carbonyl (C=O) groups excluding carboxylic acids is 3. The molecule has 1 unspecified atom stereocenters. The van der Waals surface area contributed by atoms with Gasteiger partial charge in [0.05, 0.1) is 0 Å². The van der Waals surface area contributed by atoms with E-state index in [1.165, 1.54) is 77.0 Å². The zero-order valence-electron chi connectivity index (χ0n) is 38.0. The molecule has 1 atom stereocenters. The molecule has 0 rings (SSSR count). The van der Waals surface area contributed by atoms with Crippen molar-refractivity contribution < 1.29 is 28.6 Å². The van der Waals surface area contributed by atoms with Crippen molar-refractivity contribution in [1.29, 1.82) is 0 Å². The molecule has 0 N–H and O–H groups in total. The Morgan fingerprint density at radius 3 is 1.08 bits per heavy atom. The maximum atomic E-state index is 12.7. The van der Waals surface area contributed by atoms with Crippen LogP contribution in [0, 0.1) is 0 Å². The van der Waals surface area contributed by atoms with Gasteiger partial charge in [-0.1, -0.05) is 227 Å². The van der Waals surface area contributed by atoms with Crippen LogP contribution in [0.5, 0.6) is 0 Å². The summed E-state index contributed by atoms with van der Waals surface area (Å²) in [5, 5.41) is 0. The topological polar surface area (TPSA) is 78.9 Å². The van der Waals surface area contributed by atoms with E-state index < -0.39 is 6.10 Å². The van der Waals surface area contributed by atoms with Gasteiger partial charge in [0.1, 0.15) is 13.2 Å². The van der Waals surface area contributed by atoms with Gasteiger partial charge in [-0.05, 0) is 51.4 Å². The van der Waals surface area contributed by atoms with Crippen LogP contribution in [0.2, 0.25) is 0 Å². The molecular weight excluding hydrogens is 733 g/mol. The summed E-state index contributed by atoms with van der Waals surface area (Å²) in [6, 6.07) is 0. The van der Waals surface area contributed by atoms with Crippen molar-refractivity contribution in [1.82, 2.24) is 0 Å². The van der Waals surface area contributed by atoms with Crippen LogP contribution >= 0.6 is 0 Å². The number of allylic oxidation sites excluding steroid dienone is 16. The lowest BCUT2D eigenvalue weighted by Gasteiger charge is -2.18. The number of hydrogen-bond donors (Lipinski definition) is 0. The summed E-state index contributed by atoms with van der Waals surface area (Å²) in [5.41, 5.74) is 0. The molecule has 0 aliphatic heterocycles. The molecule has 0 aromatic heterocycles. The van der Waals surface area contributed by atoms with Gasteiger partial charge in [-0.25, -0.2) is 0 Å². The van der Waals surface area contributed by atoms with E-state index >= 15 is 0 Å². The fourth-order valence-corrected chi connectivity index (χ4v) is 6.24. The Morgan fingerprint density at radius 1 is 0.356 bits per heavy atom. The van der Waals surface area contributed by atoms with Gasteiger partial charge in [0.15, 0.2) is 6.10 Å². The third-order valence-electron chi connectivity index (χ3n) is 9.77. The largest absolute Gasteiger partial charge is 0.462 e. The van der Waals surface area contributed by atoms with E-state index in [4.69, 9.17) is 14.2 Å². The van der Waals surface area contributed by atoms with Crippen molar-refractivity contribution in [2.24, 2.45) is 0 Å². The van der Waals surface area contributed by atoms with Crippen molar-refractivity contribution >= 4 is 17.9 Å². The quantitative estimate of drug-likeness (QED) is 0.0265. The van der Waals surface area contributed by atoms with Gasteiger partial charge in [0.2, 0.25) is 0 Å². The lowest BCUT2D eigenvalue weighted by Crippen LogP contribution is -2.30. The molecule has 0 radical (unpaired) electrons. The highest BCUT2D eigenvalue weighted by Gasteiger charge is 2.19. The minimum absolute atomic E-state index is 0.113. The molecule has 0 saturated heterocycles. The summed E-state index contributed by atoms with van der Waals surface area (Å²) in [4.78, 5) is 37.8. The van der Waals surface area contributed by atoms with Crippen molar-refractivity contribution in [2.45, 2.75) is 207 Å². The normalized spacial score (nSPS) is 12.9. The van der Waals surface area contributed by atoms with Crippen LogP contribution in [0.4, 0.5) is 0 Å². The van der Waals surface area contributed by atoms with Gasteiger partial charge in [-0.15, -0.1) is 0 Å². The van der Waals surface area contributed by atoms with Gasteiger partial charge >= 0.3 is 17.9 Å². The second-order valence-electron chi connectivity index (χ2n) is 15.4. The molecule has 0 aliphatic carbocycles. The SMILES string of the molecule is CC/C=C/C=C/C=C/C=C/C=C/CCCC(=O)OC(COC(=O)CCCCCCC/C=C/C=C/C=C/CC)COC(=O)CCCCCCCCCCCCCCCCC. The van der Waals surface area contributed by atoms with Crippen LogP contribution in [0.25, 0.3) is 0 Å². The Bertz CT molecular complexity index is 1220. The minimum atomic E-state index is -0.821. The summed E-state index contributed by atoms with van der Waals surface area (Å²) in [6.45, 7) is 6.27. The van der Waals surface area contributed by atoms with Gasteiger partial charge in [-0.3, -0.25) is 14.4 Å². The fraction of sp³-hybridized carbons (Fsp3) is 0.642. The fourth-order valence-electron chi connectivity index (χ4n) is 6.24. The highest BCUT2D eigenvalue weighted by molar-refractivity contribution is 5.71. The molecule has 0 amide bonds. The molecule has 0 fully saturated rings. The van der Waals surface area contributed by atoms with E-state index in [9.17, 15) is 14.4 Å². The first-order chi connectivity index (χ1) is 29.0. The van der Waals surface area contributed by atoms with Crippen molar-refractivity contribution in [3.05, 3.63) is 97.2 Å². The van der Waals surface area contributed by atoms with Gasteiger partial charge < -0.3 is 14.2 Å². The molecule has 0 aliphatic rings. The number of rotatable bonds is 41. The molecule has 6 heteroatoms. The average molecular weight is 819 g/mol. The van der Waals surface area contributed by atoms with Crippen LogP contribution < -0.4 is 0 Å². The van der Waals surface area contributed by atoms with E-state index in [1.54, 1.807) is 0 Å². The van der Waals surface area contributed by atoms with E-state index in [0.717, 1.165) is 77.0 Å². The number of carbonyl (C=O) groups is 3. The first kappa shape index (κ1) is 55.3. The van der Waals surface area contributed by atoms with Gasteiger partial charge in [-0.2, -0.15) is 0 Å². The summed E-state index contributed by atoms with van der Waals surface area (Å²) < 4.78 is 16.7. The number of ether oxygens (including phenoxy) is 3. The highest BCUT2D eigenvalue weighted by atomic mass is 16.6. The predicted molar refractivity (Wildman–Crippen MR) is 251 cm³/mol. The van der Waals surface area contributed by atoms with Gasteiger partial charge in [0.25, 0.3) is 0 Å². The van der Waals surface area contributed by atoms with Crippen LogP contribution in [0.15, 0.2) is 97.2 Å². The standard InChI is InChI=1S/C53H86O6/c1-4-7-10-13-16-19-22-25-26-29-31-34-37-40-43-46-52(55)58-49-50(59-53(56)47-44-41-38-35-32-28-24-21-18-15-12-9-6-3)48-57-51(54)45-42-39-36-33-30-27-23-20-17-14-11-8-5-2/h8-9,11-12,14-15,17-18,20-21,23-24,28,32,35,38,50H,4-7,10,13,16,19,22,25-27,29-31,33-34,36-37,39-49H2,1-3H3/b11-8+,12-9+,17-14+,18-15+,23-20+,24-21+,32-28+,38-35+. The molecule has 0 spiro atoms. The minimum Gasteiger partial charge on any atom is -0.462 e. The number of unbranched alkanes of at least 4 members (excludes halogenated alkanes) is 20. The third kappa shape index (κ3) is 45.3. The molecule has 0 saturated carbocycles. The number of hydrogen-bond acceptors (Lipinski definition) is 6. The lowest BCUT2D eigenvalue weighted by atomic mass is 10.0. The zero-order valence-corrected chi connectivity index (χ0v) is 38.0. The Labute approximate surface area is 362 Å². The maximum absolute atomic E-state index is 12.7. The molecule has 6 nitrogen and oxygen atoms in total. The second kappa shape index (κ2) is 47.0. The Kier molecular flexibility index (Phi) is 44.1. The summed E-state index contributed by atoms with van der Waals surface area (Å²) in [6.07, 6.45) is 61.1. The van der Waals surface area contributed by atoms with Crippen LogP contribution in [-0.2, 0) is 28.6 Å². The van der Waals surface area contributed by atoms with Crippen LogP contribution in [-0.4, -0.2) is 37.2 Å². The Morgan fingerprint density at radius 2 is 0.678 bits per heavy atom. The Balaban J connectivity index is 4.51. The highest BCUT2D eigenvalue weighted by Crippen LogP contribution is 2.15. The molecule has 0 bridgehead atoms. The molecule has 0 aromatic rings. The molecule has 0 aromatic carbocycles. The van der Waals surface area contributed by atoms with E-state index in [2.05, 4.69) is 57.2 Å². The van der Waals surface area contributed by atoms with E-state index in [-0.39, 0.29) is 37.5 Å². The molecule has 59 heavy (non-hydrogen) atoms. The smallest absolute Gasteiger partial charge is 0.306 e. The van der Waals surface area contributed by atoms with Crippen LogP contribution in [0.1, 0.15) is 201 Å². The van der Waals surface area contributed by atoms with Crippen molar-refractivity contribution in [3.8, 4) is 0 Å². The zero-order chi connectivity index (χ0) is 43.0.